The first-order chi connectivity index (χ1) is 12.8. The van der Waals surface area contributed by atoms with Crippen molar-refractivity contribution in [2.75, 3.05) is 25.6 Å². The molecule has 2 saturated heterocycles. The maximum atomic E-state index is 12.1. The van der Waals surface area contributed by atoms with Crippen molar-refractivity contribution in [2.45, 2.75) is 43.5 Å². The van der Waals surface area contributed by atoms with Crippen LogP contribution in [0.5, 0.6) is 0 Å². The summed E-state index contributed by atoms with van der Waals surface area (Å²) in [6.07, 6.45) is -2.65. The summed E-state index contributed by atoms with van der Waals surface area (Å²) in [7, 11) is 1.98. The third kappa shape index (κ3) is 3.95. The van der Waals surface area contributed by atoms with E-state index in [4.69, 9.17) is 9.94 Å². The average Bonchev–Trinajstić information content (AvgIpc) is 2.92. The van der Waals surface area contributed by atoms with Crippen LogP contribution < -0.4 is 11.2 Å². The monoisotopic (exact) mass is 401 g/mol. The highest BCUT2D eigenvalue weighted by Gasteiger charge is 2.49. The molecule has 11 nitrogen and oxygen atoms in total. The van der Waals surface area contributed by atoms with Crippen molar-refractivity contribution in [1.29, 1.82) is 0 Å². The van der Waals surface area contributed by atoms with Gasteiger partial charge in [-0.15, -0.1) is 0 Å². The van der Waals surface area contributed by atoms with E-state index in [0.29, 0.717) is 12.8 Å². The number of rotatable bonds is 4. The van der Waals surface area contributed by atoms with Gasteiger partial charge in [-0.1, -0.05) is 12.6 Å². The van der Waals surface area contributed by atoms with Crippen LogP contribution in [-0.4, -0.2) is 84.6 Å². The third-order valence-electron chi connectivity index (χ3n) is 5.01. The Kier molecular flexibility index (Phi) is 6.03. The predicted molar refractivity (Wildman–Crippen MR) is 96.6 cm³/mol. The van der Waals surface area contributed by atoms with Gasteiger partial charge in [-0.25, -0.2) is 4.79 Å². The van der Waals surface area contributed by atoms with E-state index in [2.05, 4.69) is 22.5 Å². The van der Waals surface area contributed by atoms with E-state index in [0.717, 1.165) is 17.7 Å². The summed E-state index contributed by atoms with van der Waals surface area (Å²) < 4.78 is 6.70. The second-order valence-electron chi connectivity index (χ2n) is 6.74. The number of carbonyl (C=O) groups excluding carboxylic acids is 1. The fourth-order valence-corrected chi connectivity index (χ4v) is 3.79. The van der Waals surface area contributed by atoms with E-state index in [1.165, 1.54) is 17.2 Å². The van der Waals surface area contributed by atoms with Crippen LogP contribution in [0.4, 0.5) is 10.6 Å². The fourth-order valence-electron chi connectivity index (χ4n) is 3.52. The molecule has 1 aromatic heterocycles. The molecule has 0 aromatic carbocycles. The number of amides is 1. The van der Waals surface area contributed by atoms with Gasteiger partial charge in [0.15, 0.2) is 18.3 Å². The molecule has 150 valence electrons. The molecule has 3 heterocycles. The zero-order valence-corrected chi connectivity index (χ0v) is 15.6. The minimum atomic E-state index is -1.45. The van der Waals surface area contributed by atoms with Crippen LogP contribution in [0.3, 0.4) is 0 Å². The number of piperidine rings is 1. The number of anilines is 1. The van der Waals surface area contributed by atoms with Gasteiger partial charge in [0.2, 0.25) is 0 Å². The van der Waals surface area contributed by atoms with Crippen molar-refractivity contribution >= 4 is 23.7 Å². The number of hydrogen-bond acceptors (Lipinski definition) is 9. The van der Waals surface area contributed by atoms with E-state index in [9.17, 15) is 19.8 Å². The third-order valence-corrected chi connectivity index (χ3v) is 5.24. The lowest BCUT2D eigenvalue weighted by Gasteiger charge is -2.40. The van der Waals surface area contributed by atoms with Crippen LogP contribution in [0.15, 0.2) is 17.1 Å². The molecule has 27 heavy (non-hydrogen) atoms. The van der Waals surface area contributed by atoms with Crippen LogP contribution in [0.25, 0.3) is 0 Å². The second kappa shape index (κ2) is 8.12. The molecule has 2 aliphatic heterocycles. The number of aromatic nitrogens is 2. The first-order valence-corrected chi connectivity index (χ1v) is 8.99. The molecule has 3 rings (SSSR count). The van der Waals surface area contributed by atoms with E-state index < -0.39 is 35.6 Å². The van der Waals surface area contributed by atoms with Crippen molar-refractivity contribution in [1.82, 2.24) is 19.4 Å². The number of likely N-dealkylation sites (tertiary alicyclic amines) is 1. The van der Waals surface area contributed by atoms with Gasteiger partial charge in [-0.2, -0.15) is 4.98 Å². The lowest BCUT2D eigenvalue weighted by atomic mass is 10.0. The smallest absolute Gasteiger partial charge is 0.351 e. The summed E-state index contributed by atoms with van der Waals surface area (Å²) in [5.74, 6) is -0.0701. The van der Waals surface area contributed by atoms with Crippen molar-refractivity contribution in [3.63, 3.8) is 0 Å². The summed E-state index contributed by atoms with van der Waals surface area (Å²) in [6.45, 7) is 1.55. The number of aliphatic hydroxyl groups is 2. The first-order valence-electron chi connectivity index (χ1n) is 8.54. The normalized spacial score (nSPS) is 29.7. The van der Waals surface area contributed by atoms with Crippen molar-refractivity contribution in [3.8, 4) is 0 Å². The van der Waals surface area contributed by atoms with Gasteiger partial charge in [0.05, 0.1) is 0 Å². The second-order valence-corrected chi connectivity index (χ2v) is 7.12. The number of hydrogen-bond donors (Lipinski definition) is 5. The van der Waals surface area contributed by atoms with Crippen molar-refractivity contribution < 1.29 is 25.0 Å². The molecule has 4 N–H and O–H groups in total. The van der Waals surface area contributed by atoms with E-state index in [1.54, 1.807) is 5.48 Å². The van der Waals surface area contributed by atoms with Crippen LogP contribution in [0, 0.1) is 0 Å². The lowest BCUT2D eigenvalue weighted by molar-refractivity contribution is -0.104. The van der Waals surface area contributed by atoms with E-state index >= 15 is 0 Å². The molecule has 0 radical (unpaired) electrons. The zero-order chi connectivity index (χ0) is 19.7. The SMILES string of the molecule is CN1CCC(N(C(=O)S)[C@@H]2O[C@@H](n3ccc(NO)nc3=O)[C@H](O)[C@@H]2O)CC1. The summed E-state index contributed by atoms with van der Waals surface area (Å²) >= 11 is 3.92. The van der Waals surface area contributed by atoms with Gasteiger partial charge in [-0.3, -0.25) is 20.0 Å². The molecule has 0 bridgehead atoms. The highest BCUT2D eigenvalue weighted by Crippen LogP contribution is 2.33. The Hall–Kier alpha value is -1.70. The maximum Gasteiger partial charge on any atom is 0.351 e. The van der Waals surface area contributed by atoms with Crippen LogP contribution in [0.1, 0.15) is 19.1 Å². The summed E-state index contributed by atoms with van der Waals surface area (Å²) in [6, 6.07) is 1.10. The van der Waals surface area contributed by atoms with Crippen LogP contribution >= 0.6 is 12.6 Å². The van der Waals surface area contributed by atoms with Gasteiger partial charge in [0.25, 0.3) is 5.24 Å². The molecule has 12 heteroatoms. The van der Waals surface area contributed by atoms with Gasteiger partial charge in [-0.05, 0) is 39.0 Å². The molecule has 0 saturated carbocycles. The Labute approximate surface area is 160 Å². The van der Waals surface area contributed by atoms with Gasteiger partial charge in [0, 0.05) is 12.2 Å². The predicted octanol–water partition coefficient (Wildman–Crippen LogP) is -0.933. The molecular weight excluding hydrogens is 378 g/mol. The Balaban J connectivity index is 1.84. The molecule has 0 aliphatic carbocycles. The van der Waals surface area contributed by atoms with E-state index in [1.807, 2.05) is 7.05 Å². The molecule has 1 amide bonds. The topological polar surface area (TPSA) is 140 Å². The minimum Gasteiger partial charge on any atom is -0.385 e. The maximum absolute atomic E-state index is 12.1. The Bertz CT molecular complexity index is 740. The quantitative estimate of drug-likeness (QED) is 0.320. The number of aliphatic hydroxyl groups excluding tert-OH is 2. The largest absolute Gasteiger partial charge is 0.385 e. The number of carbonyl (C=O) groups is 1. The minimum absolute atomic E-state index is 0.0701. The molecule has 1 aromatic rings. The summed E-state index contributed by atoms with van der Waals surface area (Å²) in [4.78, 5) is 31.3. The standard InChI is InChI=1S/C15H23N5O6S/c1-18-5-2-8(3-6-18)20(15(24)27)13-11(22)10(21)12(26-13)19-7-4-9(17-25)16-14(19)23/h4,7-8,10-13,21-22,25H,2-3,5-6H2,1H3,(H,24,27)(H,16,17,23)/t10-,11+,12-,13-/m1/s1. The highest BCUT2D eigenvalue weighted by molar-refractivity contribution is 7.96. The lowest BCUT2D eigenvalue weighted by Crippen LogP contribution is -2.53. The molecule has 2 aliphatic rings. The zero-order valence-electron chi connectivity index (χ0n) is 14.7. The Morgan fingerprint density at radius 1 is 1.37 bits per heavy atom. The molecule has 0 spiro atoms. The average molecular weight is 401 g/mol. The van der Waals surface area contributed by atoms with E-state index in [-0.39, 0.29) is 11.9 Å². The van der Waals surface area contributed by atoms with Gasteiger partial charge >= 0.3 is 5.69 Å². The highest BCUT2D eigenvalue weighted by atomic mass is 32.1. The molecule has 4 atom stereocenters. The van der Waals surface area contributed by atoms with Crippen LogP contribution in [-0.2, 0) is 4.74 Å². The molecule has 2 fully saturated rings. The number of thiol groups is 1. The number of nitrogens with one attached hydrogen (secondary N) is 1. The van der Waals surface area contributed by atoms with Gasteiger partial charge in [0.1, 0.15) is 12.2 Å². The van der Waals surface area contributed by atoms with Crippen molar-refractivity contribution in [3.05, 3.63) is 22.7 Å². The molecule has 0 unspecified atom stereocenters. The molecular formula is C15H23N5O6S. The summed E-state index contributed by atoms with van der Waals surface area (Å²) in [5, 5.41) is 29.1. The fraction of sp³-hybridized carbons (Fsp3) is 0.667. The van der Waals surface area contributed by atoms with Gasteiger partial charge < -0.3 is 24.7 Å². The first kappa shape index (κ1) is 20.0. The summed E-state index contributed by atoms with van der Waals surface area (Å²) in [5.41, 5.74) is 0.953. The number of nitrogens with zero attached hydrogens (tertiary/aromatic N) is 4. The van der Waals surface area contributed by atoms with Crippen LogP contribution in [0.2, 0.25) is 0 Å². The Morgan fingerprint density at radius 3 is 2.59 bits per heavy atom. The Morgan fingerprint density at radius 2 is 2.04 bits per heavy atom. The van der Waals surface area contributed by atoms with Crippen molar-refractivity contribution in [2.24, 2.45) is 0 Å². The number of ether oxygens (including phenoxy) is 1.